The number of carboxylic acid groups (broad SMARTS) is 1. The molecule has 0 aliphatic rings. The first-order valence-electron chi connectivity index (χ1n) is 3.83. The Kier molecular flexibility index (Phi) is 4.26. The minimum atomic E-state index is -0.933. The predicted octanol–water partition coefficient (Wildman–Crippen LogP) is 1.49. The van der Waals surface area contributed by atoms with Gasteiger partial charge in [-0.2, -0.15) is 0 Å². The molecule has 0 radical (unpaired) electrons. The van der Waals surface area contributed by atoms with Gasteiger partial charge in [-0.25, -0.2) is 0 Å². The third-order valence-electron chi connectivity index (χ3n) is 1.83. The average Bonchev–Trinajstić information content (AvgIpc) is 1.98. The van der Waals surface area contributed by atoms with Crippen LogP contribution in [0.1, 0.15) is 20.3 Å². The second-order valence-corrected chi connectivity index (χ2v) is 2.95. The fourth-order valence-corrected chi connectivity index (χ4v) is 0.972. The minimum absolute atomic E-state index is 0.0858. The van der Waals surface area contributed by atoms with Crippen molar-refractivity contribution in [2.75, 3.05) is 0 Å². The lowest BCUT2D eigenvalue weighted by molar-refractivity contribution is -0.144. The van der Waals surface area contributed by atoms with Crippen molar-refractivity contribution in [3.63, 3.8) is 0 Å². The first kappa shape index (κ1) is 10.9. The third-order valence-corrected chi connectivity index (χ3v) is 1.83. The molecule has 3 heteroatoms. The van der Waals surface area contributed by atoms with Gasteiger partial charge in [0.2, 0.25) is 0 Å². The lowest BCUT2D eigenvalue weighted by Crippen LogP contribution is -2.22. The Morgan fingerprint density at radius 3 is 2.33 bits per heavy atom. The molecule has 0 aromatic rings. The van der Waals surface area contributed by atoms with Crippen LogP contribution in [-0.2, 0) is 9.59 Å². The lowest BCUT2D eigenvalue weighted by atomic mass is 9.90. The van der Waals surface area contributed by atoms with Gasteiger partial charge in [-0.1, -0.05) is 13.0 Å². The Labute approximate surface area is 72.1 Å². The van der Waals surface area contributed by atoms with E-state index in [1.54, 1.807) is 13.0 Å². The first-order valence-corrected chi connectivity index (χ1v) is 3.83. The van der Waals surface area contributed by atoms with Gasteiger partial charge >= 0.3 is 5.97 Å². The summed E-state index contributed by atoms with van der Waals surface area (Å²) in [5, 5.41) is 8.72. The van der Waals surface area contributed by atoms with Crippen molar-refractivity contribution in [3.05, 3.63) is 12.7 Å². The Hall–Kier alpha value is -1.12. The van der Waals surface area contributed by atoms with Gasteiger partial charge in [-0.3, -0.25) is 4.79 Å². The van der Waals surface area contributed by atoms with E-state index in [1.165, 1.54) is 6.92 Å². The van der Waals surface area contributed by atoms with Crippen LogP contribution in [0.3, 0.4) is 0 Å². The Morgan fingerprint density at radius 1 is 1.58 bits per heavy atom. The highest BCUT2D eigenvalue weighted by molar-refractivity contribution is 5.82. The summed E-state index contributed by atoms with van der Waals surface area (Å²) in [7, 11) is 0. The molecule has 1 unspecified atom stereocenters. The summed E-state index contributed by atoms with van der Waals surface area (Å²) in [4.78, 5) is 21.3. The number of hydrogen-bond acceptors (Lipinski definition) is 2. The molecule has 68 valence electrons. The summed E-state index contributed by atoms with van der Waals surface area (Å²) in [6.07, 6.45) is 1.64. The SMILES string of the molecule is C=C[C@@H](C)C(CC(C)=O)C(=O)O. The van der Waals surface area contributed by atoms with Gasteiger partial charge in [0.15, 0.2) is 0 Å². The van der Waals surface area contributed by atoms with E-state index in [0.29, 0.717) is 0 Å². The lowest BCUT2D eigenvalue weighted by Gasteiger charge is -2.14. The fourth-order valence-electron chi connectivity index (χ4n) is 0.972. The molecule has 3 nitrogen and oxygen atoms in total. The molecule has 0 fully saturated rings. The molecule has 0 spiro atoms. The molecule has 2 atom stereocenters. The van der Waals surface area contributed by atoms with Gasteiger partial charge in [0.05, 0.1) is 5.92 Å². The van der Waals surface area contributed by atoms with Crippen molar-refractivity contribution in [3.8, 4) is 0 Å². The van der Waals surface area contributed by atoms with Crippen LogP contribution in [0.15, 0.2) is 12.7 Å². The normalized spacial score (nSPS) is 14.8. The monoisotopic (exact) mass is 170 g/mol. The maximum atomic E-state index is 10.7. The third kappa shape index (κ3) is 3.32. The largest absolute Gasteiger partial charge is 0.481 e. The molecule has 0 aromatic heterocycles. The second kappa shape index (κ2) is 4.70. The maximum absolute atomic E-state index is 10.7. The molecule has 0 rings (SSSR count). The van der Waals surface area contributed by atoms with E-state index in [1.807, 2.05) is 0 Å². The molecule has 12 heavy (non-hydrogen) atoms. The van der Waals surface area contributed by atoms with Crippen LogP contribution in [0, 0.1) is 11.8 Å². The molecule has 0 heterocycles. The van der Waals surface area contributed by atoms with Crippen LogP contribution in [0.4, 0.5) is 0 Å². The highest BCUT2D eigenvalue weighted by Gasteiger charge is 2.23. The van der Waals surface area contributed by atoms with Crippen LogP contribution in [-0.4, -0.2) is 16.9 Å². The summed E-state index contributed by atoms with van der Waals surface area (Å²) < 4.78 is 0. The molecular weight excluding hydrogens is 156 g/mol. The van der Waals surface area contributed by atoms with Crippen molar-refractivity contribution < 1.29 is 14.7 Å². The smallest absolute Gasteiger partial charge is 0.307 e. The van der Waals surface area contributed by atoms with Gasteiger partial charge in [0, 0.05) is 6.42 Å². The van der Waals surface area contributed by atoms with Crippen molar-refractivity contribution in [2.45, 2.75) is 20.3 Å². The number of aliphatic carboxylic acids is 1. The zero-order valence-electron chi connectivity index (χ0n) is 7.41. The summed E-state index contributed by atoms with van der Waals surface area (Å²) in [5.74, 6) is -1.82. The Bertz CT molecular complexity index is 196. The molecule has 0 bridgehead atoms. The van der Waals surface area contributed by atoms with Gasteiger partial charge in [0.1, 0.15) is 5.78 Å². The van der Waals surface area contributed by atoms with Crippen LogP contribution in [0.2, 0.25) is 0 Å². The van der Waals surface area contributed by atoms with Crippen LogP contribution >= 0.6 is 0 Å². The van der Waals surface area contributed by atoms with Gasteiger partial charge in [-0.05, 0) is 12.8 Å². The maximum Gasteiger partial charge on any atom is 0.307 e. The Balaban J connectivity index is 4.32. The average molecular weight is 170 g/mol. The van der Waals surface area contributed by atoms with Crippen LogP contribution < -0.4 is 0 Å². The summed E-state index contributed by atoms with van der Waals surface area (Å²) >= 11 is 0. The number of carbonyl (C=O) groups excluding carboxylic acids is 1. The van der Waals surface area contributed by atoms with Crippen molar-refractivity contribution in [1.82, 2.24) is 0 Å². The number of rotatable bonds is 5. The van der Waals surface area contributed by atoms with Crippen LogP contribution in [0.5, 0.6) is 0 Å². The molecule has 1 N–H and O–H groups in total. The predicted molar refractivity (Wildman–Crippen MR) is 45.8 cm³/mol. The number of hydrogen-bond donors (Lipinski definition) is 1. The Morgan fingerprint density at radius 2 is 2.08 bits per heavy atom. The van der Waals surface area contributed by atoms with E-state index in [0.717, 1.165) is 0 Å². The van der Waals surface area contributed by atoms with Gasteiger partial charge < -0.3 is 9.90 Å². The molecule has 0 aliphatic heterocycles. The molecule has 0 saturated carbocycles. The molecule has 0 aliphatic carbocycles. The number of carbonyl (C=O) groups is 2. The topological polar surface area (TPSA) is 54.4 Å². The zero-order chi connectivity index (χ0) is 9.72. The fraction of sp³-hybridized carbons (Fsp3) is 0.556. The van der Waals surface area contributed by atoms with Crippen LogP contribution in [0.25, 0.3) is 0 Å². The number of carboxylic acids is 1. The summed E-state index contributed by atoms with van der Waals surface area (Å²) in [6.45, 7) is 6.64. The quantitative estimate of drug-likeness (QED) is 0.636. The van der Waals surface area contributed by atoms with Crippen molar-refractivity contribution >= 4 is 11.8 Å². The molecule has 0 aromatic carbocycles. The number of ketones is 1. The molecular formula is C9H14O3. The number of Topliss-reactive ketones (excluding diaryl/α,β-unsaturated/α-hetero) is 1. The van der Waals surface area contributed by atoms with Crippen molar-refractivity contribution in [2.24, 2.45) is 11.8 Å². The first-order chi connectivity index (χ1) is 5.49. The molecule has 0 saturated heterocycles. The standard InChI is InChI=1S/C9H14O3/c1-4-6(2)8(9(11)12)5-7(3)10/h4,6,8H,1,5H2,2-3H3,(H,11,12)/t6-,8?/m1/s1. The zero-order valence-corrected chi connectivity index (χ0v) is 7.41. The highest BCUT2D eigenvalue weighted by atomic mass is 16.4. The van der Waals surface area contributed by atoms with Gasteiger partial charge in [-0.15, -0.1) is 6.58 Å². The second-order valence-electron chi connectivity index (χ2n) is 2.95. The van der Waals surface area contributed by atoms with Crippen molar-refractivity contribution in [1.29, 1.82) is 0 Å². The highest BCUT2D eigenvalue weighted by Crippen LogP contribution is 2.17. The van der Waals surface area contributed by atoms with E-state index in [9.17, 15) is 9.59 Å². The molecule has 0 amide bonds. The van der Waals surface area contributed by atoms with E-state index < -0.39 is 11.9 Å². The summed E-state index contributed by atoms with van der Waals surface area (Å²) in [6, 6.07) is 0. The van der Waals surface area contributed by atoms with E-state index in [4.69, 9.17) is 5.11 Å². The van der Waals surface area contributed by atoms with Gasteiger partial charge in [0.25, 0.3) is 0 Å². The van der Waals surface area contributed by atoms with E-state index in [-0.39, 0.29) is 18.1 Å². The van der Waals surface area contributed by atoms with E-state index in [2.05, 4.69) is 6.58 Å². The minimum Gasteiger partial charge on any atom is -0.481 e. The van der Waals surface area contributed by atoms with E-state index >= 15 is 0 Å². The summed E-state index contributed by atoms with van der Waals surface area (Å²) in [5.41, 5.74) is 0. The number of allylic oxidation sites excluding steroid dienone is 1.